The Hall–Kier alpha value is -2.30. The predicted molar refractivity (Wildman–Crippen MR) is 135 cm³/mol. The summed E-state index contributed by atoms with van der Waals surface area (Å²) in [5.41, 5.74) is 1.02. The van der Waals surface area contributed by atoms with E-state index in [-0.39, 0.29) is 24.0 Å². The van der Waals surface area contributed by atoms with Crippen LogP contribution < -0.4 is 16.0 Å². The van der Waals surface area contributed by atoms with E-state index in [1.54, 1.807) is 6.20 Å². The van der Waals surface area contributed by atoms with Gasteiger partial charge in [-0.2, -0.15) is 5.10 Å². The number of aliphatic imine (C=N–C) groups is 1. The summed E-state index contributed by atoms with van der Waals surface area (Å²) in [6.07, 6.45) is 3.23. The molecular weight excluding hydrogens is 507 g/mol. The van der Waals surface area contributed by atoms with Crippen LogP contribution in [0.2, 0.25) is 0 Å². The monoisotopic (exact) mass is 542 g/mol. The summed E-state index contributed by atoms with van der Waals surface area (Å²) in [6.45, 7) is 13.1. The number of halogens is 1. The SMILES string of the molecule is CCNC(=NCc1cccc(-n2cccn2)c1)NCC(C)(C)NC(=O)OC(C)(C)C.I. The van der Waals surface area contributed by atoms with Crippen LogP contribution in [0.4, 0.5) is 4.79 Å². The highest BCUT2D eigenvalue weighted by Crippen LogP contribution is 2.11. The lowest BCUT2D eigenvalue weighted by Crippen LogP contribution is -2.54. The molecule has 0 saturated heterocycles. The van der Waals surface area contributed by atoms with Gasteiger partial charge in [-0.3, -0.25) is 0 Å². The predicted octanol–water partition coefficient (Wildman–Crippen LogP) is 3.85. The van der Waals surface area contributed by atoms with Gasteiger partial charge in [0.25, 0.3) is 0 Å². The van der Waals surface area contributed by atoms with E-state index in [1.807, 2.05) is 76.7 Å². The van der Waals surface area contributed by atoms with Crippen molar-refractivity contribution in [2.75, 3.05) is 13.1 Å². The molecule has 0 aliphatic heterocycles. The number of alkyl carbamates (subject to hydrolysis) is 1. The third-order valence-electron chi connectivity index (χ3n) is 3.98. The van der Waals surface area contributed by atoms with Crippen LogP contribution in [0.25, 0.3) is 5.69 Å². The van der Waals surface area contributed by atoms with Crippen LogP contribution in [0.5, 0.6) is 0 Å². The molecule has 1 amide bonds. The molecule has 0 bridgehead atoms. The van der Waals surface area contributed by atoms with Gasteiger partial charge < -0.3 is 20.7 Å². The first-order chi connectivity index (χ1) is 14.1. The minimum absolute atomic E-state index is 0. The lowest BCUT2D eigenvalue weighted by atomic mass is 10.1. The summed E-state index contributed by atoms with van der Waals surface area (Å²) in [7, 11) is 0. The van der Waals surface area contributed by atoms with Gasteiger partial charge in [0, 0.05) is 25.5 Å². The second kappa shape index (κ2) is 11.9. The third kappa shape index (κ3) is 10.0. The topological polar surface area (TPSA) is 92.6 Å². The maximum Gasteiger partial charge on any atom is 0.408 e. The summed E-state index contributed by atoms with van der Waals surface area (Å²) in [5.74, 6) is 0.682. The molecule has 9 heteroatoms. The Labute approximate surface area is 202 Å². The van der Waals surface area contributed by atoms with E-state index in [9.17, 15) is 4.79 Å². The molecule has 2 rings (SSSR count). The van der Waals surface area contributed by atoms with Gasteiger partial charge in [0.2, 0.25) is 0 Å². The lowest BCUT2D eigenvalue weighted by molar-refractivity contribution is 0.0474. The Balaban J connectivity index is 0.00000480. The average Bonchev–Trinajstić information content (AvgIpc) is 3.17. The fourth-order valence-electron chi connectivity index (χ4n) is 2.66. The number of hydrogen-bond acceptors (Lipinski definition) is 4. The van der Waals surface area contributed by atoms with Crippen molar-refractivity contribution in [1.29, 1.82) is 0 Å². The van der Waals surface area contributed by atoms with Crippen LogP contribution in [-0.2, 0) is 11.3 Å². The molecule has 172 valence electrons. The molecule has 3 N–H and O–H groups in total. The zero-order chi connectivity index (χ0) is 22.2. The van der Waals surface area contributed by atoms with E-state index in [4.69, 9.17) is 4.74 Å². The zero-order valence-corrected chi connectivity index (χ0v) is 21.6. The Morgan fingerprint density at radius 1 is 1.16 bits per heavy atom. The van der Waals surface area contributed by atoms with E-state index in [0.29, 0.717) is 19.0 Å². The van der Waals surface area contributed by atoms with E-state index >= 15 is 0 Å². The molecule has 0 spiro atoms. The smallest absolute Gasteiger partial charge is 0.408 e. The van der Waals surface area contributed by atoms with Crippen LogP contribution in [0.15, 0.2) is 47.7 Å². The van der Waals surface area contributed by atoms with Crippen molar-refractivity contribution < 1.29 is 9.53 Å². The van der Waals surface area contributed by atoms with Crippen molar-refractivity contribution in [3.05, 3.63) is 48.3 Å². The van der Waals surface area contributed by atoms with Gasteiger partial charge in [-0.15, -0.1) is 24.0 Å². The van der Waals surface area contributed by atoms with Crippen molar-refractivity contribution in [2.45, 2.75) is 59.2 Å². The Morgan fingerprint density at radius 2 is 1.90 bits per heavy atom. The minimum atomic E-state index is -0.533. The number of amides is 1. The molecule has 0 radical (unpaired) electrons. The Kier molecular flexibility index (Phi) is 10.3. The summed E-state index contributed by atoms with van der Waals surface area (Å²) >= 11 is 0. The van der Waals surface area contributed by atoms with E-state index < -0.39 is 17.2 Å². The van der Waals surface area contributed by atoms with Gasteiger partial charge in [0.05, 0.1) is 17.8 Å². The summed E-state index contributed by atoms with van der Waals surface area (Å²) < 4.78 is 7.17. The molecule has 0 aliphatic carbocycles. The molecule has 1 heterocycles. The van der Waals surface area contributed by atoms with Crippen LogP contribution >= 0.6 is 24.0 Å². The molecule has 31 heavy (non-hydrogen) atoms. The third-order valence-corrected chi connectivity index (χ3v) is 3.98. The maximum atomic E-state index is 12.1. The average molecular weight is 542 g/mol. The highest BCUT2D eigenvalue weighted by molar-refractivity contribution is 14.0. The van der Waals surface area contributed by atoms with Crippen molar-refractivity contribution in [1.82, 2.24) is 25.7 Å². The molecule has 0 aliphatic rings. The molecule has 2 aromatic rings. The molecule has 0 fully saturated rings. The number of nitrogens with zero attached hydrogens (tertiary/aromatic N) is 3. The normalized spacial score (nSPS) is 12.0. The van der Waals surface area contributed by atoms with Crippen LogP contribution in [0, 0.1) is 0 Å². The molecule has 0 unspecified atom stereocenters. The van der Waals surface area contributed by atoms with Gasteiger partial charge in [-0.1, -0.05) is 12.1 Å². The van der Waals surface area contributed by atoms with Crippen LogP contribution in [-0.4, -0.2) is 46.1 Å². The van der Waals surface area contributed by atoms with Gasteiger partial charge >= 0.3 is 6.09 Å². The van der Waals surface area contributed by atoms with Crippen LogP contribution in [0.1, 0.15) is 47.1 Å². The molecule has 0 atom stereocenters. The number of benzene rings is 1. The highest BCUT2D eigenvalue weighted by atomic mass is 127. The van der Waals surface area contributed by atoms with E-state index in [1.165, 1.54) is 0 Å². The molecule has 1 aromatic carbocycles. The number of rotatable bonds is 7. The van der Waals surface area contributed by atoms with E-state index in [2.05, 4.69) is 32.1 Å². The number of nitrogens with one attached hydrogen (secondary N) is 3. The van der Waals surface area contributed by atoms with Gasteiger partial charge in [0.1, 0.15) is 5.60 Å². The molecular formula is C22H35IN6O2. The summed E-state index contributed by atoms with van der Waals surface area (Å²) in [6, 6.07) is 10.00. The van der Waals surface area contributed by atoms with Crippen molar-refractivity contribution >= 4 is 36.0 Å². The first kappa shape index (κ1) is 26.7. The number of hydrogen-bond donors (Lipinski definition) is 3. The minimum Gasteiger partial charge on any atom is -0.444 e. The number of carbonyl (C=O) groups is 1. The largest absolute Gasteiger partial charge is 0.444 e. The first-order valence-electron chi connectivity index (χ1n) is 10.2. The van der Waals surface area contributed by atoms with Gasteiger partial charge in [0.15, 0.2) is 5.96 Å². The highest BCUT2D eigenvalue weighted by Gasteiger charge is 2.24. The van der Waals surface area contributed by atoms with E-state index in [0.717, 1.165) is 17.8 Å². The van der Waals surface area contributed by atoms with Crippen molar-refractivity contribution in [3.63, 3.8) is 0 Å². The Bertz CT molecular complexity index is 844. The second-order valence-electron chi connectivity index (χ2n) is 8.68. The molecule has 0 saturated carbocycles. The fraction of sp³-hybridized carbons (Fsp3) is 0.500. The number of aromatic nitrogens is 2. The number of ether oxygens (including phenoxy) is 1. The maximum absolute atomic E-state index is 12.1. The number of carbonyl (C=O) groups excluding carboxylic acids is 1. The summed E-state index contributed by atoms with van der Waals surface area (Å²) in [5, 5.41) is 13.7. The number of guanidine groups is 1. The van der Waals surface area contributed by atoms with Gasteiger partial charge in [-0.25, -0.2) is 14.5 Å². The quantitative estimate of drug-likeness (QED) is 0.281. The van der Waals surface area contributed by atoms with Crippen LogP contribution in [0.3, 0.4) is 0 Å². The molecule has 1 aromatic heterocycles. The van der Waals surface area contributed by atoms with Crippen molar-refractivity contribution in [3.8, 4) is 5.69 Å². The second-order valence-corrected chi connectivity index (χ2v) is 8.68. The standard InChI is InChI=1S/C22H34N6O2.HI/c1-7-23-19(25-16-22(5,6)27-20(29)30-21(2,3)4)24-15-17-10-8-11-18(14-17)28-13-9-12-26-28;/h8-14H,7,15-16H2,1-6H3,(H,27,29)(H2,23,24,25);1H. The lowest BCUT2D eigenvalue weighted by Gasteiger charge is -2.29. The first-order valence-corrected chi connectivity index (χ1v) is 10.2. The molecule has 8 nitrogen and oxygen atoms in total. The summed E-state index contributed by atoms with van der Waals surface area (Å²) in [4.78, 5) is 16.7. The van der Waals surface area contributed by atoms with Gasteiger partial charge in [-0.05, 0) is 65.3 Å². The Morgan fingerprint density at radius 3 is 2.52 bits per heavy atom. The van der Waals surface area contributed by atoms with Crippen molar-refractivity contribution in [2.24, 2.45) is 4.99 Å². The fourth-order valence-corrected chi connectivity index (χ4v) is 2.66. The zero-order valence-electron chi connectivity index (χ0n) is 19.2.